The van der Waals surface area contributed by atoms with Crippen LogP contribution in [0.5, 0.6) is 0 Å². The second-order valence-corrected chi connectivity index (χ2v) is 3.99. The van der Waals surface area contributed by atoms with E-state index >= 15 is 0 Å². The number of carbonyl (C=O) groups excluding carboxylic acids is 2. The van der Waals surface area contributed by atoms with Crippen molar-refractivity contribution in [1.29, 1.82) is 0 Å². The predicted octanol–water partition coefficient (Wildman–Crippen LogP) is 0.491. The molecule has 0 amide bonds. The normalized spacial score (nSPS) is 11.6. The Morgan fingerprint density at radius 2 is 1.84 bits per heavy atom. The number of ether oxygens (including phenoxy) is 1. The lowest BCUT2D eigenvalue weighted by Crippen LogP contribution is -2.34. The Morgan fingerprint density at radius 3 is 2.42 bits per heavy atom. The van der Waals surface area contributed by atoms with Crippen molar-refractivity contribution in [3.8, 4) is 0 Å². The van der Waals surface area contributed by atoms with Crippen LogP contribution in [0.25, 0.3) is 0 Å². The quantitative estimate of drug-likeness (QED) is 0.572. The third kappa shape index (κ3) is 5.78. The standard InChI is InChI=1S/C13H15NO5/c14-10(6-7-11(15)16)13(18)19-12(17)8-9-4-2-1-3-5-9/h1-5,10H,6-8,14H2,(H,15,16). The maximum absolute atomic E-state index is 11.5. The lowest BCUT2D eigenvalue weighted by molar-refractivity contribution is -0.160. The van der Waals surface area contributed by atoms with Crippen molar-refractivity contribution in [3.63, 3.8) is 0 Å². The van der Waals surface area contributed by atoms with Crippen molar-refractivity contribution in [2.75, 3.05) is 0 Å². The van der Waals surface area contributed by atoms with Gasteiger partial charge in [-0.25, -0.2) is 4.79 Å². The van der Waals surface area contributed by atoms with E-state index in [1.807, 2.05) is 6.07 Å². The molecule has 0 aliphatic rings. The number of carboxylic acids is 1. The second kappa shape index (κ2) is 7.27. The van der Waals surface area contributed by atoms with Crippen molar-refractivity contribution >= 4 is 17.9 Å². The summed E-state index contributed by atoms with van der Waals surface area (Å²) in [4.78, 5) is 33.2. The molecule has 1 aromatic carbocycles. The number of nitrogens with two attached hydrogens (primary N) is 1. The highest BCUT2D eigenvalue weighted by Crippen LogP contribution is 2.03. The summed E-state index contributed by atoms with van der Waals surface area (Å²) in [6, 6.07) is 7.70. The van der Waals surface area contributed by atoms with E-state index in [1.54, 1.807) is 24.3 Å². The van der Waals surface area contributed by atoms with Crippen molar-refractivity contribution in [2.24, 2.45) is 5.73 Å². The molecule has 6 heteroatoms. The van der Waals surface area contributed by atoms with E-state index < -0.39 is 23.9 Å². The number of aliphatic carboxylic acids is 1. The van der Waals surface area contributed by atoms with Gasteiger partial charge in [-0.1, -0.05) is 30.3 Å². The molecule has 0 aromatic heterocycles. The first kappa shape index (κ1) is 14.8. The van der Waals surface area contributed by atoms with Gasteiger partial charge in [0.15, 0.2) is 0 Å². The second-order valence-electron chi connectivity index (χ2n) is 3.99. The highest BCUT2D eigenvalue weighted by molar-refractivity contribution is 5.89. The molecule has 3 N–H and O–H groups in total. The molecule has 1 unspecified atom stereocenters. The highest BCUT2D eigenvalue weighted by Gasteiger charge is 2.19. The number of benzene rings is 1. The van der Waals surface area contributed by atoms with Gasteiger partial charge in [0.05, 0.1) is 6.42 Å². The summed E-state index contributed by atoms with van der Waals surface area (Å²) in [7, 11) is 0. The fourth-order valence-corrected chi connectivity index (χ4v) is 1.38. The summed E-state index contributed by atoms with van der Waals surface area (Å²) < 4.78 is 4.55. The molecular formula is C13H15NO5. The molecule has 0 bridgehead atoms. The van der Waals surface area contributed by atoms with Crippen LogP contribution >= 0.6 is 0 Å². The highest BCUT2D eigenvalue weighted by atomic mass is 16.6. The predicted molar refractivity (Wildman–Crippen MR) is 66.1 cm³/mol. The molecule has 0 heterocycles. The molecule has 1 rings (SSSR count). The van der Waals surface area contributed by atoms with E-state index in [0.29, 0.717) is 0 Å². The summed E-state index contributed by atoms with van der Waals surface area (Å²) in [5.74, 6) is -2.66. The monoisotopic (exact) mass is 265 g/mol. The molecule has 19 heavy (non-hydrogen) atoms. The van der Waals surface area contributed by atoms with Crippen molar-refractivity contribution < 1.29 is 24.2 Å². The van der Waals surface area contributed by atoms with Crippen LogP contribution in [-0.4, -0.2) is 29.1 Å². The van der Waals surface area contributed by atoms with Gasteiger partial charge in [0, 0.05) is 6.42 Å². The zero-order valence-electron chi connectivity index (χ0n) is 10.2. The van der Waals surface area contributed by atoms with Crippen LogP contribution in [0.2, 0.25) is 0 Å². The van der Waals surface area contributed by atoms with E-state index in [9.17, 15) is 14.4 Å². The lowest BCUT2D eigenvalue weighted by atomic mass is 10.1. The smallest absolute Gasteiger partial charge is 0.330 e. The summed E-state index contributed by atoms with van der Waals surface area (Å²) in [5.41, 5.74) is 6.14. The fourth-order valence-electron chi connectivity index (χ4n) is 1.38. The maximum atomic E-state index is 11.5. The third-order valence-corrected chi connectivity index (χ3v) is 2.38. The average molecular weight is 265 g/mol. The lowest BCUT2D eigenvalue weighted by Gasteiger charge is -2.08. The Labute approximate surface area is 110 Å². The summed E-state index contributed by atoms with van der Waals surface area (Å²) in [6.07, 6.45) is -0.339. The molecule has 6 nitrogen and oxygen atoms in total. The topological polar surface area (TPSA) is 107 Å². The van der Waals surface area contributed by atoms with E-state index in [-0.39, 0.29) is 19.3 Å². The van der Waals surface area contributed by atoms with E-state index in [1.165, 1.54) is 0 Å². The van der Waals surface area contributed by atoms with Crippen LogP contribution in [0, 0.1) is 0 Å². The molecule has 102 valence electrons. The summed E-state index contributed by atoms with van der Waals surface area (Å²) in [6.45, 7) is 0. The molecule has 1 atom stereocenters. The number of rotatable bonds is 6. The van der Waals surface area contributed by atoms with E-state index in [0.717, 1.165) is 5.56 Å². The first-order valence-electron chi connectivity index (χ1n) is 5.75. The first-order valence-corrected chi connectivity index (χ1v) is 5.75. The summed E-state index contributed by atoms with van der Waals surface area (Å²) in [5, 5.41) is 8.45. The van der Waals surface area contributed by atoms with Gasteiger partial charge in [0.1, 0.15) is 6.04 Å². The molecule has 0 aliphatic heterocycles. The SMILES string of the molecule is NC(CCC(=O)O)C(=O)OC(=O)Cc1ccccc1. The van der Waals surface area contributed by atoms with Gasteiger partial charge >= 0.3 is 17.9 Å². The minimum atomic E-state index is -1.10. The summed E-state index contributed by atoms with van der Waals surface area (Å²) >= 11 is 0. The van der Waals surface area contributed by atoms with Crippen molar-refractivity contribution in [3.05, 3.63) is 35.9 Å². The van der Waals surface area contributed by atoms with Gasteiger partial charge in [0.25, 0.3) is 0 Å². The van der Waals surface area contributed by atoms with Crippen LogP contribution in [0.4, 0.5) is 0 Å². The van der Waals surface area contributed by atoms with Crippen LogP contribution in [0.1, 0.15) is 18.4 Å². The molecule has 0 aliphatic carbocycles. The minimum absolute atomic E-state index is 0.0295. The molecule has 0 fully saturated rings. The first-order chi connectivity index (χ1) is 8.99. The van der Waals surface area contributed by atoms with Crippen molar-refractivity contribution in [2.45, 2.75) is 25.3 Å². The van der Waals surface area contributed by atoms with Gasteiger partial charge in [-0.05, 0) is 12.0 Å². The molecule has 0 saturated heterocycles. The van der Waals surface area contributed by atoms with E-state index in [4.69, 9.17) is 10.8 Å². The number of carbonyl (C=O) groups is 3. The maximum Gasteiger partial charge on any atom is 0.330 e. The number of esters is 2. The van der Waals surface area contributed by atoms with Crippen LogP contribution in [-0.2, 0) is 25.5 Å². The zero-order valence-corrected chi connectivity index (χ0v) is 10.2. The fraction of sp³-hybridized carbons (Fsp3) is 0.308. The third-order valence-electron chi connectivity index (χ3n) is 2.38. The average Bonchev–Trinajstić information content (AvgIpc) is 2.36. The van der Waals surface area contributed by atoms with Gasteiger partial charge < -0.3 is 15.6 Å². The Bertz CT molecular complexity index is 457. The molecule has 0 saturated carbocycles. The van der Waals surface area contributed by atoms with Crippen LogP contribution < -0.4 is 5.73 Å². The number of carboxylic acid groups (broad SMARTS) is 1. The Morgan fingerprint density at radius 1 is 1.21 bits per heavy atom. The van der Waals surface area contributed by atoms with Gasteiger partial charge in [-0.15, -0.1) is 0 Å². The molecule has 0 radical (unpaired) electrons. The zero-order chi connectivity index (χ0) is 14.3. The minimum Gasteiger partial charge on any atom is -0.481 e. The van der Waals surface area contributed by atoms with Gasteiger partial charge in [-0.2, -0.15) is 0 Å². The molecular weight excluding hydrogens is 250 g/mol. The molecule has 1 aromatic rings. The van der Waals surface area contributed by atoms with Crippen LogP contribution in [0.15, 0.2) is 30.3 Å². The van der Waals surface area contributed by atoms with Crippen LogP contribution in [0.3, 0.4) is 0 Å². The van der Waals surface area contributed by atoms with Gasteiger partial charge in [-0.3, -0.25) is 9.59 Å². The van der Waals surface area contributed by atoms with Crippen molar-refractivity contribution in [1.82, 2.24) is 0 Å². The number of hydrogen-bond donors (Lipinski definition) is 2. The molecule has 0 spiro atoms. The van der Waals surface area contributed by atoms with E-state index in [2.05, 4.69) is 4.74 Å². The Kier molecular flexibility index (Phi) is 5.69. The van der Waals surface area contributed by atoms with Gasteiger partial charge in [0.2, 0.25) is 0 Å². The largest absolute Gasteiger partial charge is 0.481 e. The number of hydrogen-bond acceptors (Lipinski definition) is 5. The Hall–Kier alpha value is -2.21. The Balaban J connectivity index is 2.39.